The summed E-state index contributed by atoms with van der Waals surface area (Å²) in [5.41, 5.74) is 2.89. The maximum Gasteiger partial charge on any atom is 0.514 e. The van der Waals surface area contributed by atoms with Crippen molar-refractivity contribution in [3.8, 4) is 5.75 Å². The quantitative estimate of drug-likeness (QED) is 0.359. The van der Waals surface area contributed by atoms with Crippen LogP contribution in [0.25, 0.3) is 0 Å². The summed E-state index contributed by atoms with van der Waals surface area (Å²) in [7, 11) is 0. The van der Waals surface area contributed by atoms with Gasteiger partial charge in [0.05, 0.1) is 25.5 Å². The van der Waals surface area contributed by atoms with Gasteiger partial charge in [-0.05, 0) is 24.6 Å². The summed E-state index contributed by atoms with van der Waals surface area (Å²) in [5.74, 6) is 0.270. The lowest BCUT2D eigenvalue weighted by Crippen LogP contribution is -2.36. The summed E-state index contributed by atoms with van der Waals surface area (Å²) in [6.07, 6.45) is -2.66. The number of nitrogens with zero attached hydrogens (tertiary/aromatic N) is 2. The van der Waals surface area contributed by atoms with Gasteiger partial charge in [-0.15, -0.1) is 10.1 Å². The molecule has 2 aromatic rings. The minimum Gasteiger partial charge on any atom is -0.425 e. The lowest BCUT2D eigenvalue weighted by molar-refractivity contribution is -0.769. The molecule has 0 aliphatic carbocycles. The highest BCUT2D eigenvalue weighted by Crippen LogP contribution is 2.41. The molecule has 11 nitrogen and oxygen atoms in total. The van der Waals surface area contributed by atoms with Crippen LogP contribution in [0.4, 0.5) is 4.79 Å². The first kappa shape index (κ1) is 21.8. The van der Waals surface area contributed by atoms with Crippen LogP contribution in [0.2, 0.25) is 5.02 Å². The molecule has 4 heterocycles. The van der Waals surface area contributed by atoms with Gasteiger partial charge in [-0.2, -0.15) is 0 Å². The monoisotopic (exact) mass is 478 g/mol. The molecule has 5 atom stereocenters. The van der Waals surface area contributed by atoms with E-state index < -0.39 is 35.7 Å². The highest BCUT2D eigenvalue weighted by Gasteiger charge is 2.51. The number of fused-ring (bicyclic) bond motifs is 2. The Kier molecular flexibility index (Phi) is 5.79. The molecule has 0 radical (unpaired) electrons. The number of carbonyl (C=O) groups is 1. The predicted octanol–water partition coefficient (Wildman–Crippen LogP) is 2.92. The Morgan fingerprint density at radius 2 is 1.85 bits per heavy atom. The van der Waals surface area contributed by atoms with Crippen molar-refractivity contribution in [2.75, 3.05) is 13.2 Å². The number of pyridine rings is 1. The zero-order valence-electron chi connectivity index (χ0n) is 17.3. The summed E-state index contributed by atoms with van der Waals surface area (Å²) >= 11 is 5.98. The van der Waals surface area contributed by atoms with Gasteiger partial charge in [-0.3, -0.25) is 4.98 Å². The molecule has 12 heteroatoms. The van der Waals surface area contributed by atoms with E-state index in [9.17, 15) is 14.9 Å². The van der Waals surface area contributed by atoms with Crippen LogP contribution in [0.5, 0.6) is 5.75 Å². The first-order valence-corrected chi connectivity index (χ1v) is 10.6. The fourth-order valence-corrected chi connectivity index (χ4v) is 4.42. The number of hydrogen-bond donors (Lipinski definition) is 0. The number of hydrogen-bond acceptors (Lipinski definition) is 10. The van der Waals surface area contributed by atoms with Crippen LogP contribution in [0.1, 0.15) is 28.5 Å². The van der Waals surface area contributed by atoms with Gasteiger partial charge in [0.25, 0.3) is 5.09 Å². The highest BCUT2D eigenvalue weighted by molar-refractivity contribution is 6.30. The number of carbonyl (C=O) groups excluding carboxylic acids is 1. The third-order valence-corrected chi connectivity index (χ3v) is 6.07. The van der Waals surface area contributed by atoms with Crippen molar-refractivity contribution in [3.63, 3.8) is 0 Å². The van der Waals surface area contributed by atoms with Crippen molar-refractivity contribution in [1.29, 1.82) is 0 Å². The highest BCUT2D eigenvalue weighted by atomic mass is 35.5. The van der Waals surface area contributed by atoms with Crippen molar-refractivity contribution in [1.82, 2.24) is 4.98 Å². The zero-order valence-corrected chi connectivity index (χ0v) is 18.1. The largest absolute Gasteiger partial charge is 0.514 e. The number of rotatable bonds is 5. The van der Waals surface area contributed by atoms with Crippen LogP contribution in [-0.4, -0.2) is 53.9 Å². The lowest BCUT2D eigenvalue weighted by atomic mass is 10.0. The van der Waals surface area contributed by atoms with Gasteiger partial charge in [0.2, 0.25) is 0 Å². The molecule has 0 amide bonds. The average molecular weight is 479 g/mol. The number of benzene rings is 1. The molecule has 2 fully saturated rings. The standard InChI is InChI=1S/C21H19ClN2O9/c1-10-17(14-7-28-18(13(14)6-23-10)11-2-4-12(22)5-3-11)32-21(25)31-15-8-29-20-16(33-24(26)27)9-30-19(15)20/h2-6,15-16,18-20H,7-9H2,1H3/t15?,16-,18-,19+,20+/m0/s1. The number of aromatic nitrogens is 1. The molecule has 5 rings (SSSR count). The molecule has 0 N–H and O–H groups in total. The Bertz CT molecular complexity index is 1080. The normalized spacial score (nSPS) is 27.6. The molecule has 1 aromatic heterocycles. The molecular formula is C21H19ClN2O9. The molecule has 0 bridgehead atoms. The van der Waals surface area contributed by atoms with Gasteiger partial charge in [0, 0.05) is 22.3 Å². The second-order valence-electron chi connectivity index (χ2n) is 7.82. The molecule has 3 aliphatic rings. The molecule has 0 saturated carbocycles. The van der Waals surface area contributed by atoms with Gasteiger partial charge in [0.1, 0.15) is 18.3 Å². The van der Waals surface area contributed by atoms with Crippen LogP contribution in [0.15, 0.2) is 30.5 Å². The van der Waals surface area contributed by atoms with Crippen LogP contribution in [0.3, 0.4) is 0 Å². The second kappa shape index (κ2) is 8.75. The maximum absolute atomic E-state index is 12.6. The van der Waals surface area contributed by atoms with E-state index in [1.807, 2.05) is 12.1 Å². The van der Waals surface area contributed by atoms with Gasteiger partial charge >= 0.3 is 6.16 Å². The van der Waals surface area contributed by atoms with E-state index in [0.29, 0.717) is 16.3 Å². The fourth-order valence-electron chi connectivity index (χ4n) is 4.29. The van der Waals surface area contributed by atoms with Crippen LogP contribution in [-0.2, 0) is 30.4 Å². The smallest absolute Gasteiger partial charge is 0.425 e. The zero-order chi connectivity index (χ0) is 23.1. The summed E-state index contributed by atoms with van der Waals surface area (Å²) in [6.45, 7) is 1.92. The number of ether oxygens (including phenoxy) is 5. The van der Waals surface area contributed by atoms with Gasteiger partial charge < -0.3 is 28.5 Å². The molecule has 1 unspecified atom stereocenters. The fraction of sp³-hybridized carbons (Fsp3) is 0.429. The lowest BCUT2D eigenvalue weighted by Gasteiger charge is -2.17. The second-order valence-corrected chi connectivity index (χ2v) is 8.26. The topological polar surface area (TPSA) is 128 Å². The molecule has 2 saturated heterocycles. The Balaban J connectivity index is 1.28. The molecule has 1 aromatic carbocycles. The van der Waals surface area contributed by atoms with Crippen LogP contribution >= 0.6 is 11.6 Å². The average Bonchev–Trinajstić information content (AvgIpc) is 3.48. The molecular weight excluding hydrogens is 460 g/mol. The van der Waals surface area contributed by atoms with Gasteiger partial charge in [0.15, 0.2) is 18.0 Å². The first-order chi connectivity index (χ1) is 15.9. The summed E-state index contributed by atoms with van der Waals surface area (Å²) < 4.78 is 27.8. The first-order valence-electron chi connectivity index (χ1n) is 10.2. The van der Waals surface area contributed by atoms with Gasteiger partial charge in [-0.25, -0.2) is 4.79 Å². The van der Waals surface area contributed by atoms with Crippen molar-refractivity contribution in [3.05, 3.63) is 68.0 Å². The number of halogens is 1. The SMILES string of the molecule is Cc1ncc2c(c1OC(=O)OC1CO[C@@H]3[C@@H](O[N+](=O)[O-])CO[C@H]13)CO[C@H]2c1ccc(Cl)cc1. The van der Waals surface area contributed by atoms with Gasteiger partial charge in [-0.1, -0.05) is 23.7 Å². The Morgan fingerprint density at radius 3 is 2.58 bits per heavy atom. The van der Waals surface area contributed by atoms with E-state index in [-0.39, 0.29) is 31.7 Å². The predicted molar refractivity (Wildman–Crippen MR) is 109 cm³/mol. The van der Waals surface area contributed by atoms with E-state index in [0.717, 1.165) is 11.1 Å². The summed E-state index contributed by atoms with van der Waals surface area (Å²) in [6, 6.07) is 7.28. The van der Waals surface area contributed by atoms with E-state index >= 15 is 0 Å². The summed E-state index contributed by atoms with van der Waals surface area (Å²) in [5, 5.41) is 10.3. The Labute approximate surface area is 192 Å². The van der Waals surface area contributed by atoms with E-state index in [4.69, 9.17) is 35.3 Å². The van der Waals surface area contributed by atoms with Crippen molar-refractivity contribution < 1.29 is 38.4 Å². The van der Waals surface area contributed by atoms with Crippen molar-refractivity contribution in [2.24, 2.45) is 0 Å². The molecule has 174 valence electrons. The molecule has 33 heavy (non-hydrogen) atoms. The van der Waals surface area contributed by atoms with Crippen LogP contribution in [0, 0.1) is 17.0 Å². The molecule has 3 aliphatic heterocycles. The minimum absolute atomic E-state index is 0.00783. The number of aryl methyl sites for hydroxylation is 1. The molecule has 0 spiro atoms. The van der Waals surface area contributed by atoms with E-state index in [1.165, 1.54) is 0 Å². The Hall–Kier alpha value is -2.99. The van der Waals surface area contributed by atoms with E-state index in [1.54, 1.807) is 25.3 Å². The summed E-state index contributed by atoms with van der Waals surface area (Å²) in [4.78, 5) is 32.1. The Morgan fingerprint density at radius 1 is 1.15 bits per heavy atom. The third-order valence-electron chi connectivity index (χ3n) is 5.82. The minimum atomic E-state index is -0.959. The third kappa shape index (κ3) is 4.20. The van der Waals surface area contributed by atoms with E-state index in [2.05, 4.69) is 9.82 Å². The maximum atomic E-state index is 12.6. The van der Waals surface area contributed by atoms with Crippen molar-refractivity contribution in [2.45, 2.75) is 44.1 Å². The van der Waals surface area contributed by atoms with Crippen LogP contribution < -0.4 is 4.74 Å². The van der Waals surface area contributed by atoms with Crippen molar-refractivity contribution >= 4 is 17.8 Å².